The molecule has 0 spiro atoms. The first kappa shape index (κ1) is 10.3. The normalized spacial score (nSPS) is 13.8. The van der Waals surface area contributed by atoms with Crippen molar-refractivity contribution in [1.29, 1.82) is 0 Å². The SMILES string of the molecule is [O]=[Cr](=[O])([Cl])[O]C(Cl)(Cl)Cl. The first-order chi connectivity index (χ1) is 3.71. The molecule has 0 aliphatic heterocycles. The third-order valence-electron chi connectivity index (χ3n) is 0.194. The molecule has 0 aliphatic carbocycles. The molecule has 0 amide bonds. The van der Waals surface area contributed by atoms with Crippen LogP contribution in [0, 0.1) is 0 Å². The molecule has 0 aromatic carbocycles. The monoisotopic (exact) mass is 252 g/mol. The Morgan fingerprint density at radius 2 is 1.56 bits per heavy atom. The van der Waals surface area contributed by atoms with E-state index in [0.29, 0.717) is 0 Å². The van der Waals surface area contributed by atoms with Crippen LogP contribution in [0.3, 0.4) is 0 Å². The van der Waals surface area contributed by atoms with Crippen molar-refractivity contribution in [2.24, 2.45) is 0 Å². The summed E-state index contributed by atoms with van der Waals surface area (Å²) in [6.07, 6.45) is 0. The predicted octanol–water partition coefficient (Wildman–Crippen LogP) is 2.24. The molecule has 3 nitrogen and oxygen atoms in total. The molecule has 8 heteroatoms. The summed E-state index contributed by atoms with van der Waals surface area (Å²) in [7, 11) is 4.59. The molecule has 0 aromatic heterocycles. The van der Waals surface area contributed by atoms with E-state index in [1.54, 1.807) is 0 Å². The zero-order chi connectivity index (χ0) is 7.71. The Morgan fingerprint density at radius 3 is 1.56 bits per heavy atom. The van der Waals surface area contributed by atoms with Gasteiger partial charge in [0.15, 0.2) is 0 Å². The Balaban J connectivity index is 4.07. The molecule has 0 bridgehead atoms. The molecule has 0 atom stereocenters. The van der Waals surface area contributed by atoms with Crippen LogP contribution >= 0.6 is 44.9 Å². The summed E-state index contributed by atoms with van der Waals surface area (Å²) >= 11 is 9.77. The summed E-state index contributed by atoms with van der Waals surface area (Å²) < 4.78 is 21.5. The standard InChI is InChI=1S/CCl3O.ClH.Cr.2O/c2-1(3,4)5;;;;/h;1H;;;/q-1;;+2;;/p-1. The van der Waals surface area contributed by atoms with E-state index < -0.39 is 16.3 Å². The van der Waals surface area contributed by atoms with Gasteiger partial charge in [-0.2, -0.15) is 0 Å². The van der Waals surface area contributed by atoms with Gasteiger partial charge in [-0.25, -0.2) is 0 Å². The summed E-state index contributed by atoms with van der Waals surface area (Å²) in [5.41, 5.74) is 0. The molecule has 0 unspecified atom stereocenters. The van der Waals surface area contributed by atoms with Crippen molar-refractivity contribution in [2.75, 3.05) is 0 Å². The molecule has 0 heterocycles. The summed E-state index contributed by atoms with van der Waals surface area (Å²) in [6.45, 7) is 0. The van der Waals surface area contributed by atoms with Crippen LogP contribution in [-0.4, -0.2) is 3.98 Å². The van der Waals surface area contributed by atoms with Gasteiger partial charge in [-0.15, -0.1) is 0 Å². The van der Waals surface area contributed by atoms with Crippen molar-refractivity contribution in [3.05, 3.63) is 0 Å². The van der Waals surface area contributed by atoms with Crippen molar-refractivity contribution in [2.45, 2.75) is 3.98 Å². The quantitative estimate of drug-likeness (QED) is 0.674. The van der Waals surface area contributed by atoms with Gasteiger partial charge in [0, 0.05) is 0 Å². The van der Waals surface area contributed by atoms with Gasteiger partial charge in [0.2, 0.25) is 0 Å². The van der Waals surface area contributed by atoms with Crippen LogP contribution in [0.15, 0.2) is 0 Å². The van der Waals surface area contributed by atoms with Crippen LogP contribution in [0.25, 0.3) is 0 Å². The van der Waals surface area contributed by atoms with Crippen LogP contribution in [0.2, 0.25) is 0 Å². The molecule has 0 saturated heterocycles. The van der Waals surface area contributed by atoms with Crippen molar-refractivity contribution >= 4 is 44.9 Å². The van der Waals surface area contributed by atoms with Crippen LogP contribution in [-0.2, 0) is 23.8 Å². The Kier molecular flexibility index (Phi) is 3.53. The molecule has 0 rings (SSSR count). The topological polar surface area (TPSA) is 43.4 Å². The van der Waals surface area contributed by atoms with Gasteiger partial charge in [-0.05, 0) is 0 Å². The van der Waals surface area contributed by atoms with E-state index in [-0.39, 0.29) is 0 Å². The van der Waals surface area contributed by atoms with Crippen LogP contribution in [0.1, 0.15) is 0 Å². The number of alkyl halides is 3. The van der Waals surface area contributed by atoms with Gasteiger partial charge in [-0.3, -0.25) is 0 Å². The number of hydrogen-bond donors (Lipinski definition) is 0. The molecule has 56 valence electrons. The molecule has 0 aromatic rings. The first-order valence-electron chi connectivity index (χ1n) is 1.43. The molecule has 9 heavy (non-hydrogen) atoms. The van der Waals surface area contributed by atoms with E-state index in [4.69, 9.17) is 34.8 Å². The molecule has 0 aliphatic rings. The van der Waals surface area contributed by atoms with Gasteiger partial charge in [0.25, 0.3) is 0 Å². The van der Waals surface area contributed by atoms with Crippen LogP contribution in [0.4, 0.5) is 0 Å². The maximum atomic E-state index is 10.0. The van der Waals surface area contributed by atoms with Crippen molar-refractivity contribution in [1.82, 2.24) is 0 Å². The number of halogens is 4. The van der Waals surface area contributed by atoms with Gasteiger partial charge in [0.05, 0.1) is 0 Å². The minimum absolute atomic E-state index is 2.29. The maximum absolute atomic E-state index is 10.0. The third kappa shape index (κ3) is 9.25. The second-order valence-electron chi connectivity index (χ2n) is 0.922. The fourth-order valence-electron chi connectivity index (χ4n) is 0.113. The summed E-state index contributed by atoms with van der Waals surface area (Å²) in [4.78, 5) is 0. The minimum atomic E-state index is -4.88. The fourth-order valence-corrected chi connectivity index (χ4v) is 2.28. The Morgan fingerprint density at radius 1 is 1.22 bits per heavy atom. The zero-order valence-electron chi connectivity index (χ0n) is 3.64. The van der Waals surface area contributed by atoms with Gasteiger partial charge >= 0.3 is 72.6 Å². The number of rotatable bonds is 1. The van der Waals surface area contributed by atoms with Gasteiger partial charge in [-0.1, -0.05) is 0 Å². The second kappa shape index (κ2) is 3.10. The molecule has 0 N–H and O–H groups in total. The molecular formula is CCl4CrO3. The molecule has 0 radical (unpaired) electrons. The summed E-state index contributed by atoms with van der Waals surface area (Å²) in [5.74, 6) is 0. The van der Waals surface area contributed by atoms with E-state index >= 15 is 0 Å². The van der Waals surface area contributed by atoms with E-state index in [2.05, 4.69) is 13.8 Å². The predicted molar refractivity (Wildman–Crippen MR) is 28.6 cm³/mol. The molecule has 0 saturated carbocycles. The van der Waals surface area contributed by atoms with Crippen LogP contribution < -0.4 is 0 Å². The summed E-state index contributed by atoms with van der Waals surface area (Å²) in [5, 5.41) is 0. The average molecular weight is 254 g/mol. The Hall–Kier alpha value is 1.25. The first-order valence-corrected chi connectivity index (χ1v) is 5.88. The third-order valence-corrected chi connectivity index (χ3v) is 1.84. The van der Waals surface area contributed by atoms with E-state index in [0.717, 1.165) is 0 Å². The molecular weight excluding hydrogens is 254 g/mol. The Labute approximate surface area is 72.4 Å². The van der Waals surface area contributed by atoms with E-state index in [9.17, 15) is 7.61 Å². The van der Waals surface area contributed by atoms with E-state index in [1.165, 1.54) is 0 Å². The van der Waals surface area contributed by atoms with Gasteiger partial charge < -0.3 is 0 Å². The zero-order valence-corrected chi connectivity index (χ0v) is 7.94. The number of hydrogen-bond acceptors (Lipinski definition) is 3. The van der Waals surface area contributed by atoms with Crippen molar-refractivity contribution in [3.8, 4) is 0 Å². The molecule has 0 fully saturated rings. The fraction of sp³-hybridized carbons (Fsp3) is 1.00. The Bertz CT molecular complexity index is 176. The average Bonchev–Trinajstić information content (AvgIpc) is 1.14. The summed E-state index contributed by atoms with van der Waals surface area (Å²) in [6, 6.07) is 0. The van der Waals surface area contributed by atoms with E-state index in [1.807, 2.05) is 0 Å². The van der Waals surface area contributed by atoms with Crippen LogP contribution in [0.5, 0.6) is 0 Å². The van der Waals surface area contributed by atoms with Gasteiger partial charge in [0.1, 0.15) is 0 Å². The second-order valence-corrected chi connectivity index (χ2v) is 6.15. The van der Waals surface area contributed by atoms with Crippen molar-refractivity contribution in [3.63, 3.8) is 0 Å². The van der Waals surface area contributed by atoms with Crippen molar-refractivity contribution < 1.29 is 23.8 Å².